The van der Waals surface area contributed by atoms with Crippen LogP contribution in [-0.4, -0.2) is 18.4 Å². The molecule has 0 fully saturated rings. The van der Waals surface area contributed by atoms with Gasteiger partial charge in [0.2, 0.25) is 10.0 Å². The van der Waals surface area contributed by atoms with Gasteiger partial charge < -0.3 is 0 Å². The van der Waals surface area contributed by atoms with E-state index in [1.54, 1.807) is 48.8 Å². The van der Waals surface area contributed by atoms with Crippen molar-refractivity contribution in [1.29, 1.82) is 0 Å². The third-order valence-electron chi connectivity index (χ3n) is 5.02. The Morgan fingerprint density at radius 2 is 1.48 bits per heavy atom. The van der Waals surface area contributed by atoms with E-state index < -0.39 is 16.1 Å². The van der Waals surface area contributed by atoms with Crippen LogP contribution in [0.1, 0.15) is 22.4 Å². The number of rotatable bonds is 5. The number of hydrogen-bond donors (Lipinski definition) is 1. The summed E-state index contributed by atoms with van der Waals surface area (Å²) in [6, 6.07) is 21.9. The number of nitrogens with zero attached hydrogens (tertiary/aromatic N) is 2. The van der Waals surface area contributed by atoms with E-state index in [4.69, 9.17) is 0 Å². The minimum atomic E-state index is -3.69. The van der Waals surface area contributed by atoms with Gasteiger partial charge in [-0.25, -0.2) is 23.1 Å². The zero-order chi connectivity index (χ0) is 19.8. The lowest BCUT2D eigenvalue weighted by molar-refractivity contribution is 0.557. The van der Waals surface area contributed by atoms with Crippen LogP contribution in [0, 0.1) is 0 Å². The smallest absolute Gasteiger partial charge is 0.231 e. The number of nitrogens with one attached hydrogen (secondary N) is 1. The van der Waals surface area contributed by atoms with E-state index >= 15 is 0 Å². The molecule has 1 heterocycles. The molecular formula is C22H17N3O2S2. The normalized spacial score (nSPS) is 18.2. The molecule has 0 aliphatic heterocycles. The first kappa shape index (κ1) is 18.3. The highest BCUT2D eigenvalue weighted by atomic mass is 32.2. The standard InChI is InChI=1S/C22H17N3O2S2/c26-29(27,16-9-2-1-3-10-16)25-20-17-11-4-7-15-8-5-12-18(19(15)17)21(20)28-22-23-13-6-14-24-22/h1-14,20-21,25H/t20-,21-/m0/s1. The van der Waals surface area contributed by atoms with E-state index in [1.807, 2.05) is 18.2 Å². The summed E-state index contributed by atoms with van der Waals surface area (Å²) in [5, 5.41) is 2.65. The summed E-state index contributed by atoms with van der Waals surface area (Å²) in [7, 11) is -3.69. The first-order valence-corrected chi connectivity index (χ1v) is 11.5. The van der Waals surface area contributed by atoms with E-state index in [-0.39, 0.29) is 10.1 Å². The lowest BCUT2D eigenvalue weighted by Gasteiger charge is -2.22. The van der Waals surface area contributed by atoms with Gasteiger partial charge in [0, 0.05) is 12.4 Å². The van der Waals surface area contributed by atoms with Crippen molar-refractivity contribution in [3.63, 3.8) is 0 Å². The molecular weight excluding hydrogens is 402 g/mol. The third kappa shape index (κ3) is 3.31. The second kappa shape index (κ2) is 7.26. The summed E-state index contributed by atoms with van der Waals surface area (Å²) in [6.07, 6.45) is 3.39. The maximum atomic E-state index is 13.1. The van der Waals surface area contributed by atoms with Gasteiger partial charge in [0.15, 0.2) is 5.16 Å². The molecule has 7 heteroatoms. The molecule has 0 amide bonds. The second-order valence-corrected chi connectivity index (χ2v) is 9.60. The summed E-state index contributed by atoms with van der Waals surface area (Å²) in [6.45, 7) is 0. The molecule has 2 atom stereocenters. The maximum Gasteiger partial charge on any atom is 0.241 e. The van der Waals surface area contributed by atoms with Crippen LogP contribution in [0.3, 0.4) is 0 Å². The summed E-state index contributed by atoms with van der Waals surface area (Å²) in [4.78, 5) is 8.92. The van der Waals surface area contributed by atoms with Crippen LogP contribution in [0.15, 0.2) is 95.2 Å². The number of thioether (sulfide) groups is 1. The van der Waals surface area contributed by atoms with Crippen LogP contribution in [0.2, 0.25) is 0 Å². The SMILES string of the molecule is O=S(=O)(N[C@H]1c2cccc3cccc(c23)[C@@H]1Sc1ncccn1)c1ccccc1. The highest BCUT2D eigenvalue weighted by molar-refractivity contribution is 7.99. The monoisotopic (exact) mass is 419 g/mol. The molecule has 5 nitrogen and oxygen atoms in total. The molecule has 0 spiro atoms. The molecule has 1 aliphatic carbocycles. The van der Waals surface area contributed by atoms with Crippen molar-refractivity contribution in [2.75, 3.05) is 0 Å². The van der Waals surface area contributed by atoms with E-state index in [2.05, 4.69) is 32.9 Å². The van der Waals surface area contributed by atoms with Crippen LogP contribution in [0.4, 0.5) is 0 Å². The van der Waals surface area contributed by atoms with Crippen LogP contribution in [0.25, 0.3) is 10.8 Å². The van der Waals surface area contributed by atoms with Crippen molar-refractivity contribution < 1.29 is 8.42 Å². The van der Waals surface area contributed by atoms with Gasteiger partial charge in [0.25, 0.3) is 0 Å². The van der Waals surface area contributed by atoms with Crippen LogP contribution in [0.5, 0.6) is 0 Å². The Hall–Kier alpha value is -2.74. The zero-order valence-corrected chi connectivity index (χ0v) is 16.9. The lowest BCUT2D eigenvalue weighted by Crippen LogP contribution is -2.30. The predicted octanol–water partition coefficient (Wildman–Crippen LogP) is 4.50. The van der Waals surface area contributed by atoms with Gasteiger partial charge in [0.05, 0.1) is 16.2 Å². The van der Waals surface area contributed by atoms with Gasteiger partial charge in [-0.05, 0) is 40.1 Å². The molecule has 144 valence electrons. The highest BCUT2D eigenvalue weighted by Crippen LogP contribution is 2.52. The molecule has 0 radical (unpaired) electrons. The van der Waals surface area contributed by atoms with Crippen molar-refractivity contribution in [2.45, 2.75) is 21.3 Å². The Morgan fingerprint density at radius 3 is 2.21 bits per heavy atom. The number of benzene rings is 3. The summed E-state index contributed by atoms with van der Waals surface area (Å²) < 4.78 is 29.2. The first-order chi connectivity index (χ1) is 14.1. The topological polar surface area (TPSA) is 72.0 Å². The van der Waals surface area contributed by atoms with Crippen LogP contribution in [-0.2, 0) is 10.0 Å². The molecule has 5 rings (SSSR count). The Bertz CT molecular complexity index is 1270. The molecule has 0 saturated carbocycles. The Balaban J connectivity index is 1.61. The van der Waals surface area contributed by atoms with Crippen LogP contribution >= 0.6 is 11.8 Å². The van der Waals surface area contributed by atoms with Gasteiger partial charge in [-0.3, -0.25) is 0 Å². The molecule has 0 unspecified atom stereocenters. The van der Waals surface area contributed by atoms with Gasteiger partial charge in [-0.15, -0.1) is 0 Å². The minimum absolute atomic E-state index is 0.169. The van der Waals surface area contributed by atoms with Crippen LogP contribution < -0.4 is 4.72 Å². The van der Waals surface area contributed by atoms with E-state index in [9.17, 15) is 8.42 Å². The molecule has 1 aromatic heterocycles. The van der Waals surface area contributed by atoms with E-state index in [0.717, 1.165) is 21.9 Å². The fraction of sp³-hybridized carbons (Fsp3) is 0.0909. The highest BCUT2D eigenvalue weighted by Gasteiger charge is 2.38. The predicted molar refractivity (Wildman–Crippen MR) is 114 cm³/mol. The van der Waals surface area contributed by atoms with Crippen molar-refractivity contribution in [3.05, 3.63) is 96.3 Å². The zero-order valence-electron chi connectivity index (χ0n) is 15.3. The first-order valence-electron chi connectivity index (χ1n) is 9.16. The average molecular weight is 420 g/mol. The van der Waals surface area contributed by atoms with E-state index in [0.29, 0.717) is 5.16 Å². The summed E-state index contributed by atoms with van der Waals surface area (Å²) in [5.74, 6) is 0. The molecule has 1 N–H and O–H groups in total. The molecule has 0 saturated heterocycles. The minimum Gasteiger partial charge on any atom is -0.231 e. The molecule has 1 aliphatic rings. The fourth-order valence-electron chi connectivity index (χ4n) is 3.79. The Labute approximate surface area is 173 Å². The quantitative estimate of drug-likeness (QED) is 0.482. The van der Waals surface area contributed by atoms with Crippen molar-refractivity contribution in [2.24, 2.45) is 0 Å². The van der Waals surface area contributed by atoms with Gasteiger partial charge in [0.1, 0.15) is 0 Å². The molecule has 29 heavy (non-hydrogen) atoms. The molecule has 4 aromatic rings. The van der Waals surface area contributed by atoms with Crippen molar-refractivity contribution in [1.82, 2.24) is 14.7 Å². The largest absolute Gasteiger partial charge is 0.241 e. The average Bonchev–Trinajstić information content (AvgIpc) is 3.04. The lowest BCUT2D eigenvalue weighted by atomic mass is 10.1. The Morgan fingerprint density at radius 1 is 0.793 bits per heavy atom. The van der Waals surface area contributed by atoms with Crippen molar-refractivity contribution >= 4 is 32.6 Å². The van der Waals surface area contributed by atoms with Gasteiger partial charge in [-0.1, -0.05) is 66.4 Å². The molecule has 3 aromatic carbocycles. The van der Waals surface area contributed by atoms with E-state index in [1.165, 1.54) is 11.8 Å². The number of hydrogen-bond acceptors (Lipinski definition) is 5. The summed E-state index contributed by atoms with van der Waals surface area (Å²) >= 11 is 1.48. The third-order valence-corrected chi connectivity index (χ3v) is 7.68. The van der Waals surface area contributed by atoms with Gasteiger partial charge >= 0.3 is 0 Å². The van der Waals surface area contributed by atoms with Gasteiger partial charge in [-0.2, -0.15) is 0 Å². The number of sulfonamides is 1. The molecule has 0 bridgehead atoms. The second-order valence-electron chi connectivity index (χ2n) is 6.77. The summed E-state index contributed by atoms with van der Waals surface area (Å²) in [5.41, 5.74) is 2.07. The maximum absolute atomic E-state index is 13.1. The number of aromatic nitrogens is 2. The fourth-order valence-corrected chi connectivity index (χ4v) is 6.27. The van der Waals surface area contributed by atoms with Crippen molar-refractivity contribution in [3.8, 4) is 0 Å². The Kier molecular flexibility index (Phi) is 4.58.